The summed E-state index contributed by atoms with van der Waals surface area (Å²) in [4.78, 5) is 56.4. The lowest BCUT2D eigenvalue weighted by Gasteiger charge is -2.37. The Balaban J connectivity index is 1.51. The van der Waals surface area contributed by atoms with Crippen LogP contribution in [0.15, 0.2) is 103 Å². The Hall–Kier alpha value is -5.37. The quantitative estimate of drug-likeness (QED) is 0.191. The molecular formula is C34H25N3O5. The molecule has 4 atom stereocenters. The van der Waals surface area contributed by atoms with E-state index >= 15 is 0 Å². The van der Waals surface area contributed by atoms with Crippen LogP contribution in [0.4, 0.5) is 17.1 Å². The second-order valence-electron chi connectivity index (χ2n) is 11.0. The zero-order valence-corrected chi connectivity index (χ0v) is 22.6. The molecular weight excluding hydrogens is 530 g/mol. The molecule has 1 amide bonds. The van der Waals surface area contributed by atoms with Gasteiger partial charge in [0, 0.05) is 34.6 Å². The summed E-state index contributed by atoms with van der Waals surface area (Å²) < 4.78 is 0. The van der Waals surface area contributed by atoms with Gasteiger partial charge in [0.2, 0.25) is 5.91 Å². The van der Waals surface area contributed by atoms with Crippen molar-refractivity contribution < 1.29 is 19.3 Å². The number of carbonyl (C=O) groups excluding carboxylic acids is 3. The van der Waals surface area contributed by atoms with Crippen LogP contribution in [0.2, 0.25) is 0 Å². The van der Waals surface area contributed by atoms with Gasteiger partial charge in [-0.05, 0) is 42.3 Å². The van der Waals surface area contributed by atoms with Gasteiger partial charge < -0.3 is 10.2 Å². The molecule has 1 fully saturated rings. The minimum atomic E-state index is -1.41. The Morgan fingerprint density at radius 3 is 2.24 bits per heavy atom. The SMILES string of the molecule is Cc1ccc(C(=O)[C@H]2[C@H](C(=O)c3ccc([N+](=O)[O-])cc3)N3c4ccccc4C=C[C@@H]3[C@]23C(=O)Nc2ccccc23)cc1. The van der Waals surface area contributed by atoms with Crippen molar-refractivity contribution in [2.45, 2.75) is 24.4 Å². The molecule has 3 aliphatic heterocycles. The fraction of sp³-hybridized carbons (Fsp3) is 0.147. The molecule has 0 aliphatic carbocycles. The number of fused-ring (bicyclic) bond motifs is 6. The predicted molar refractivity (Wildman–Crippen MR) is 159 cm³/mol. The minimum Gasteiger partial charge on any atom is -0.352 e. The van der Waals surface area contributed by atoms with E-state index in [1.165, 1.54) is 24.3 Å². The largest absolute Gasteiger partial charge is 0.352 e. The number of nitrogens with zero attached hydrogens (tertiary/aromatic N) is 2. The van der Waals surface area contributed by atoms with Gasteiger partial charge in [-0.1, -0.05) is 78.4 Å². The third-order valence-electron chi connectivity index (χ3n) is 8.79. The summed E-state index contributed by atoms with van der Waals surface area (Å²) in [6.07, 6.45) is 3.86. The number of amides is 1. The lowest BCUT2D eigenvalue weighted by molar-refractivity contribution is -0.384. The maximum absolute atomic E-state index is 14.7. The Morgan fingerprint density at radius 1 is 0.857 bits per heavy atom. The van der Waals surface area contributed by atoms with Crippen LogP contribution in [0.25, 0.3) is 6.08 Å². The first-order valence-corrected chi connectivity index (χ1v) is 13.7. The van der Waals surface area contributed by atoms with Crippen LogP contribution in [0.3, 0.4) is 0 Å². The van der Waals surface area contributed by atoms with Gasteiger partial charge in [-0.15, -0.1) is 0 Å². The van der Waals surface area contributed by atoms with E-state index in [4.69, 9.17) is 0 Å². The van der Waals surface area contributed by atoms with Crippen molar-refractivity contribution >= 4 is 40.6 Å². The summed E-state index contributed by atoms with van der Waals surface area (Å²) in [5.41, 5.74) is 2.92. The number of nitro groups is 1. The van der Waals surface area contributed by atoms with E-state index in [2.05, 4.69) is 5.32 Å². The number of hydrogen-bond acceptors (Lipinski definition) is 6. The number of anilines is 2. The number of Topliss-reactive ketones (excluding diaryl/α,β-unsaturated/α-hetero) is 2. The third-order valence-corrected chi connectivity index (χ3v) is 8.79. The van der Waals surface area contributed by atoms with Crippen molar-refractivity contribution in [1.29, 1.82) is 0 Å². The standard InChI is InChI=1S/C34H25N3O5/c1-20-10-12-22(13-11-20)31(38)29-30(32(39)23-14-17-24(18-15-23)37(41)42)36-27-9-5-2-6-21(27)16-19-28(36)34(29)25-7-3-4-8-26(25)35-33(34)40/h2-19,28-30H,1H3,(H,35,40)/t28-,29-,30-,34+/m1/s1. The number of ketones is 2. The molecule has 8 heteroatoms. The maximum Gasteiger partial charge on any atom is 0.269 e. The molecule has 206 valence electrons. The highest BCUT2D eigenvalue weighted by atomic mass is 16.6. The predicted octanol–water partition coefficient (Wildman–Crippen LogP) is 5.76. The highest BCUT2D eigenvalue weighted by molar-refractivity contribution is 6.18. The molecule has 1 N–H and O–H groups in total. The summed E-state index contributed by atoms with van der Waals surface area (Å²) in [6.45, 7) is 1.93. The average molecular weight is 556 g/mol. The first-order valence-electron chi connectivity index (χ1n) is 13.7. The first-order chi connectivity index (χ1) is 20.3. The number of hydrogen-bond donors (Lipinski definition) is 1. The molecule has 0 unspecified atom stereocenters. The van der Waals surface area contributed by atoms with Crippen LogP contribution in [-0.4, -0.2) is 34.5 Å². The number of benzene rings is 4. The number of nitrogens with one attached hydrogen (secondary N) is 1. The molecule has 4 aromatic rings. The summed E-state index contributed by atoms with van der Waals surface area (Å²) >= 11 is 0. The van der Waals surface area contributed by atoms with Crippen LogP contribution < -0.4 is 10.2 Å². The fourth-order valence-electron chi connectivity index (χ4n) is 6.94. The monoisotopic (exact) mass is 555 g/mol. The third kappa shape index (κ3) is 3.51. The molecule has 0 bridgehead atoms. The van der Waals surface area contributed by atoms with Crippen LogP contribution in [0.1, 0.15) is 37.4 Å². The van der Waals surface area contributed by atoms with Crippen molar-refractivity contribution in [3.05, 3.63) is 141 Å². The molecule has 8 nitrogen and oxygen atoms in total. The van der Waals surface area contributed by atoms with E-state index in [1.807, 2.05) is 84.6 Å². The summed E-state index contributed by atoms with van der Waals surface area (Å²) in [5, 5.41) is 14.3. The van der Waals surface area contributed by atoms with Gasteiger partial charge in [-0.2, -0.15) is 0 Å². The normalized spacial score (nSPS) is 23.2. The second-order valence-corrected chi connectivity index (χ2v) is 11.0. The van der Waals surface area contributed by atoms with Crippen molar-refractivity contribution in [2.75, 3.05) is 10.2 Å². The Bertz CT molecular complexity index is 1830. The van der Waals surface area contributed by atoms with Crippen LogP contribution in [-0.2, 0) is 10.2 Å². The number of rotatable bonds is 5. The van der Waals surface area contributed by atoms with Gasteiger partial charge in [-0.25, -0.2) is 0 Å². The van der Waals surface area contributed by atoms with E-state index < -0.39 is 28.3 Å². The topological polar surface area (TPSA) is 110 Å². The first kappa shape index (κ1) is 25.6. The molecule has 1 spiro atoms. The number of nitro benzene ring substituents is 1. The molecule has 1 saturated heterocycles. The molecule has 7 rings (SSSR count). The van der Waals surface area contributed by atoms with Gasteiger partial charge in [0.15, 0.2) is 11.6 Å². The van der Waals surface area contributed by atoms with Crippen molar-refractivity contribution in [3.63, 3.8) is 0 Å². The summed E-state index contributed by atoms with van der Waals surface area (Å²) in [6, 6.07) is 25.8. The molecule has 3 heterocycles. The van der Waals surface area contributed by atoms with E-state index in [0.29, 0.717) is 16.8 Å². The molecule has 0 radical (unpaired) electrons. The Morgan fingerprint density at radius 2 is 1.50 bits per heavy atom. The van der Waals surface area contributed by atoms with Crippen molar-refractivity contribution in [2.24, 2.45) is 5.92 Å². The summed E-state index contributed by atoms with van der Waals surface area (Å²) in [7, 11) is 0. The number of non-ortho nitro benzene ring substituents is 1. The lowest BCUT2D eigenvalue weighted by Crippen LogP contribution is -2.51. The molecule has 3 aliphatic rings. The van der Waals surface area contributed by atoms with E-state index in [-0.39, 0.29) is 28.7 Å². The maximum atomic E-state index is 14.7. The second kappa shape index (κ2) is 9.34. The number of aryl methyl sites for hydroxylation is 1. The van der Waals surface area contributed by atoms with Gasteiger partial charge in [0.05, 0.1) is 16.9 Å². The van der Waals surface area contributed by atoms with Gasteiger partial charge in [-0.3, -0.25) is 24.5 Å². The highest BCUT2D eigenvalue weighted by Crippen LogP contribution is 2.58. The molecule has 4 aromatic carbocycles. The Labute approximate surface area is 241 Å². The smallest absolute Gasteiger partial charge is 0.269 e. The molecule has 0 aromatic heterocycles. The van der Waals surface area contributed by atoms with Crippen molar-refractivity contribution in [3.8, 4) is 0 Å². The molecule has 42 heavy (non-hydrogen) atoms. The zero-order chi connectivity index (χ0) is 29.2. The van der Waals surface area contributed by atoms with Crippen LogP contribution >= 0.6 is 0 Å². The zero-order valence-electron chi connectivity index (χ0n) is 22.6. The number of carbonyl (C=O) groups is 3. The highest BCUT2D eigenvalue weighted by Gasteiger charge is 2.70. The van der Waals surface area contributed by atoms with E-state index in [1.54, 1.807) is 12.1 Å². The Kier molecular flexibility index (Phi) is 5.69. The fourth-order valence-corrected chi connectivity index (χ4v) is 6.94. The average Bonchev–Trinajstić information content (AvgIpc) is 3.49. The van der Waals surface area contributed by atoms with E-state index in [0.717, 1.165) is 16.8 Å². The van der Waals surface area contributed by atoms with Crippen LogP contribution in [0.5, 0.6) is 0 Å². The van der Waals surface area contributed by atoms with Crippen LogP contribution in [0, 0.1) is 23.0 Å². The number of para-hydroxylation sites is 2. The van der Waals surface area contributed by atoms with Gasteiger partial charge in [0.1, 0.15) is 11.5 Å². The van der Waals surface area contributed by atoms with Gasteiger partial charge in [0.25, 0.3) is 5.69 Å². The molecule has 0 saturated carbocycles. The lowest BCUT2D eigenvalue weighted by atomic mass is 9.64. The van der Waals surface area contributed by atoms with Crippen molar-refractivity contribution in [1.82, 2.24) is 0 Å². The minimum absolute atomic E-state index is 0.144. The van der Waals surface area contributed by atoms with Gasteiger partial charge >= 0.3 is 0 Å². The van der Waals surface area contributed by atoms with E-state index in [9.17, 15) is 24.5 Å². The summed E-state index contributed by atoms with van der Waals surface area (Å²) in [5.74, 6) is -2.15.